The van der Waals surface area contributed by atoms with E-state index in [1.165, 1.54) is 14.0 Å². The quantitative estimate of drug-likeness (QED) is 0.354. The lowest BCUT2D eigenvalue weighted by Crippen LogP contribution is -1.84. The van der Waals surface area contributed by atoms with Gasteiger partial charge in [-0.2, -0.15) is 0 Å². The summed E-state index contributed by atoms with van der Waals surface area (Å²) in [6.07, 6.45) is 3.91. The third-order valence-corrected chi connectivity index (χ3v) is 6.10. The number of hydrogen-bond donors (Lipinski definition) is 0. The molecule has 1 aromatic carbocycles. The van der Waals surface area contributed by atoms with E-state index in [1.807, 2.05) is 24.6 Å². The lowest BCUT2D eigenvalue weighted by Gasteiger charge is -2.01. The molecule has 0 spiro atoms. The molecule has 0 saturated carbocycles. The summed E-state index contributed by atoms with van der Waals surface area (Å²) >= 11 is 5.64. The maximum Gasteiger partial charge on any atom is 0.188 e. The summed E-state index contributed by atoms with van der Waals surface area (Å²) in [6.45, 7) is 0. The third-order valence-electron chi connectivity index (χ3n) is 2.90. The Bertz CT molecular complexity index is 756. The number of thioether (sulfide) groups is 1. The van der Waals surface area contributed by atoms with Gasteiger partial charge in [-0.1, -0.05) is 11.8 Å². The fourth-order valence-corrected chi connectivity index (χ4v) is 4.53. The zero-order valence-electron chi connectivity index (χ0n) is 10.9. The number of hydrogen-bond acceptors (Lipinski definition) is 5. The minimum absolute atomic E-state index is 0.816. The highest BCUT2D eigenvalue weighted by Crippen LogP contribution is 2.39. The molecule has 102 valence electrons. The number of halogens is 1. The molecule has 0 saturated heterocycles. The molecular formula is C14H11IN2OS2. The first-order valence-electron chi connectivity index (χ1n) is 5.86. The molecule has 0 aliphatic carbocycles. The Hall–Kier alpha value is -0.860. The molecule has 2 aromatic heterocycles. The van der Waals surface area contributed by atoms with Crippen LogP contribution in [0.5, 0.6) is 5.75 Å². The topological polar surface area (TPSA) is 35.0 Å². The number of fused-ring (bicyclic) bond motifs is 1. The molecule has 0 bridgehead atoms. The average molecular weight is 414 g/mol. The standard InChI is InChI=1S/C14H11IN2OS2/c1-18-9-5-3-8(4-6-9)12-11(15)10-7-16-14(19-2)17-13(10)20-12/h3-7H,1-2H3. The Morgan fingerprint density at radius 2 is 2.00 bits per heavy atom. The summed E-state index contributed by atoms with van der Waals surface area (Å²) in [5.74, 6) is 0.870. The van der Waals surface area contributed by atoms with Crippen molar-refractivity contribution in [3.8, 4) is 16.2 Å². The van der Waals surface area contributed by atoms with Crippen LogP contribution in [0.1, 0.15) is 0 Å². The van der Waals surface area contributed by atoms with Crippen LogP contribution in [0.4, 0.5) is 0 Å². The highest BCUT2D eigenvalue weighted by atomic mass is 127. The number of aromatic nitrogens is 2. The number of thiophene rings is 1. The maximum absolute atomic E-state index is 5.20. The third kappa shape index (κ3) is 2.51. The Morgan fingerprint density at radius 3 is 2.65 bits per heavy atom. The van der Waals surface area contributed by atoms with Crippen molar-refractivity contribution in [3.05, 3.63) is 34.0 Å². The first kappa shape index (κ1) is 14.1. The van der Waals surface area contributed by atoms with Gasteiger partial charge >= 0.3 is 0 Å². The highest BCUT2D eigenvalue weighted by Gasteiger charge is 2.13. The van der Waals surface area contributed by atoms with Crippen LogP contribution in [0, 0.1) is 3.57 Å². The molecule has 3 rings (SSSR count). The molecule has 0 aliphatic heterocycles. The number of methoxy groups -OCH3 is 1. The normalized spacial score (nSPS) is 10.9. The van der Waals surface area contributed by atoms with E-state index >= 15 is 0 Å². The lowest BCUT2D eigenvalue weighted by atomic mass is 10.2. The van der Waals surface area contributed by atoms with E-state index in [0.717, 1.165) is 21.1 Å². The Labute approximate surface area is 138 Å². The van der Waals surface area contributed by atoms with Crippen LogP contribution in [0.2, 0.25) is 0 Å². The summed E-state index contributed by atoms with van der Waals surface area (Å²) in [4.78, 5) is 11.2. The van der Waals surface area contributed by atoms with Gasteiger partial charge in [0.1, 0.15) is 10.6 Å². The van der Waals surface area contributed by atoms with Crippen molar-refractivity contribution < 1.29 is 4.74 Å². The molecule has 3 aromatic rings. The highest BCUT2D eigenvalue weighted by molar-refractivity contribution is 14.1. The largest absolute Gasteiger partial charge is 0.497 e. The van der Waals surface area contributed by atoms with Gasteiger partial charge in [0.05, 0.1) is 12.0 Å². The first-order chi connectivity index (χ1) is 9.72. The van der Waals surface area contributed by atoms with Gasteiger partial charge in [0, 0.05) is 15.2 Å². The van der Waals surface area contributed by atoms with Crippen LogP contribution >= 0.6 is 45.7 Å². The fourth-order valence-electron chi connectivity index (χ4n) is 1.87. The molecule has 3 nitrogen and oxygen atoms in total. The molecule has 6 heteroatoms. The molecule has 0 atom stereocenters. The number of ether oxygens (including phenoxy) is 1. The van der Waals surface area contributed by atoms with Crippen molar-refractivity contribution in [3.63, 3.8) is 0 Å². The Balaban J connectivity index is 2.12. The van der Waals surface area contributed by atoms with Crippen LogP contribution in [0.15, 0.2) is 35.6 Å². The zero-order valence-corrected chi connectivity index (χ0v) is 14.7. The van der Waals surface area contributed by atoms with Gasteiger partial charge < -0.3 is 4.74 Å². The van der Waals surface area contributed by atoms with Gasteiger partial charge in [0.15, 0.2) is 5.16 Å². The molecule has 0 amide bonds. The van der Waals surface area contributed by atoms with Crippen LogP contribution < -0.4 is 4.74 Å². The number of nitrogens with zero attached hydrogens (tertiary/aromatic N) is 2. The molecule has 0 radical (unpaired) electrons. The molecule has 0 fully saturated rings. The Morgan fingerprint density at radius 1 is 1.25 bits per heavy atom. The lowest BCUT2D eigenvalue weighted by molar-refractivity contribution is 0.415. The molecule has 2 heterocycles. The van der Waals surface area contributed by atoms with Gasteiger partial charge in [-0.3, -0.25) is 0 Å². The van der Waals surface area contributed by atoms with Crippen LogP contribution in [0.25, 0.3) is 20.7 Å². The van der Waals surface area contributed by atoms with Gasteiger partial charge in [-0.25, -0.2) is 9.97 Å². The van der Waals surface area contributed by atoms with Crippen LogP contribution in [-0.4, -0.2) is 23.3 Å². The molecular weight excluding hydrogens is 403 g/mol. The second kappa shape index (κ2) is 5.87. The van der Waals surface area contributed by atoms with E-state index < -0.39 is 0 Å². The predicted octanol–water partition coefficient (Wildman–Crippen LogP) is 4.69. The predicted molar refractivity (Wildman–Crippen MR) is 93.9 cm³/mol. The van der Waals surface area contributed by atoms with Gasteiger partial charge in [-0.15, -0.1) is 11.3 Å². The monoisotopic (exact) mass is 414 g/mol. The minimum atomic E-state index is 0.816. The van der Waals surface area contributed by atoms with Crippen molar-refractivity contribution in [1.29, 1.82) is 0 Å². The van der Waals surface area contributed by atoms with E-state index in [0.29, 0.717) is 0 Å². The average Bonchev–Trinajstić information content (AvgIpc) is 2.84. The molecule has 0 unspecified atom stereocenters. The summed E-state index contributed by atoms with van der Waals surface area (Å²) in [7, 11) is 1.68. The second-order valence-electron chi connectivity index (χ2n) is 4.05. The van der Waals surface area contributed by atoms with Crippen molar-refractivity contribution in [1.82, 2.24) is 9.97 Å². The zero-order chi connectivity index (χ0) is 14.1. The molecule has 20 heavy (non-hydrogen) atoms. The van der Waals surface area contributed by atoms with Gasteiger partial charge in [-0.05, 0) is 58.7 Å². The van der Waals surface area contributed by atoms with E-state index in [2.05, 4.69) is 44.7 Å². The van der Waals surface area contributed by atoms with E-state index in [1.54, 1.807) is 30.2 Å². The van der Waals surface area contributed by atoms with Crippen molar-refractivity contribution in [2.45, 2.75) is 5.16 Å². The van der Waals surface area contributed by atoms with Crippen molar-refractivity contribution in [2.75, 3.05) is 13.4 Å². The maximum atomic E-state index is 5.20. The molecule has 0 N–H and O–H groups in total. The first-order valence-corrected chi connectivity index (χ1v) is 8.98. The summed E-state index contributed by atoms with van der Waals surface area (Å²) in [5.41, 5.74) is 1.18. The molecule has 0 aliphatic rings. The van der Waals surface area contributed by atoms with Gasteiger partial charge in [0.2, 0.25) is 0 Å². The Kier molecular flexibility index (Phi) is 4.13. The van der Waals surface area contributed by atoms with Gasteiger partial charge in [0.25, 0.3) is 0 Å². The second-order valence-corrected chi connectivity index (χ2v) is 6.90. The van der Waals surface area contributed by atoms with E-state index in [-0.39, 0.29) is 0 Å². The number of benzene rings is 1. The van der Waals surface area contributed by atoms with Crippen LogP contribution in [-0.2, 0) is 0 Å². The fraction of sp³-hybridized carbons (Fsp3) is 0.143. The summed E-state index contributed by atoms with van der Waals surface area (Å²) in [5, 5.41) is 1.94. The number of rotatable bonds is 3. The van der Waals surface area contributed by atoms with E-state index in [4.69, 9.17) is 4.74 Å². The van der Waals surface area contributed by atoms with Crippen molar-refractivity contribution in [2.24, 2.45) is 0 Å². The smallest absolute Gasteiger partial charge is 0.188 e. The minimum Gasteiger partial charge on any atom is -0.497 e. The van der Waals surface area contributed by atoms with Crippen LogP contribution in [0.3, 0.4) is 0 Å². The van der Waals surface area contributed by atoms with E-state index in [9.17, 15) is 0 Å². The summed E-state index contributed by atoms with van der Waals surface area (Å²) in [6, 6.07) is 8.12. The van der Waals surface area contributed by atoms with Crippen molar-refractivity contribution >= 4 is 55.9 Å². The summed E-state index contributed by atoms with van der Waals surface area (Å²) < 4.78 is 6.41. The SMILES string of the molecule is COc1ccc(-c2sc3nc(SC)ncc3c2I)cc1.